The SMILES string of the molecule is COc1ncccc1-n1nc(OCC(F)CO[Si](C)(C)C(C)(C)C)c([N+](=O)[O-])c1Br. The number of halogens is 2. The molecule has 1 unspecified atom stereocenters. The van der Waals surface area contributed by atoms with E-state index in [2.05, 4.69) is 46.8 Å². The van der Waals surface area contributed by atoms with Crippen LogP contribution < -0.4 is 9.47 Å². The largest absolute Gasteiger partial charge is 0.479 e. The summed E-state index contributed by atoms with van der Waals surface area (Å²) in [5.74, 6) is -0.0963. The summed E-state index contributed by atoms with van der Waals surface area (Å²) < 4.78 is 32.0. The molecule has 1 atom stereocenters. The van der Waals surface area contributed by atoms with E-state index < -0.39 is 31.7 Å². The molecule has 9 nitrogen and oxygen atoms in total. The Bertz CT molecular complexity index is 903. The maximum atomic E-state index is 14.4. The minimum Gasteiger partial charge on any atom is -0.479 e. The fraction of sp³-hybridized carbons (Fsp3) is 0.556. The normalized spacial score (nSPS) is 13.2. The third kappa shape index (κ3) is 5.35. The lowest BCUT2D eigenvalue weighted by molar-refractivity contribution is -0.386. The summed E-state index contributed by atoms with van der Waals surface area (Å²) in [5, 5.41) is 15.6. The van der Waals surface area contributed by atoms with Crippen LogP contribution in [-0.4, -0.2) is 54.5 Å². The van der Waals surface area contributed by atoms with Crippen molar-refractivity contribution in [2.24, 2.45) is 0 Å². The third-order valence-corrected chi connectivity index (χ3v) is 10.2. The van der Waals surface area contributed by atoms with Gasteiger partial charge in [0, 0.05) is 6.20 Å². The Kier molecular flexibility index (Phi) is 7.58. The van der Waals surface area contributed by atoms with Crippen molar-refractivity contribution in [2.45, 2.75) is 45.1 Å². The van der Waals surface area contributed by atoms with Crippen LogP contribution in [0.25, 0.3) is 5.69 Å². The predicted octanol–water partition coefficient (Wildman–Crippen LogP) is 4.69. The van der Waals surface area contributed by atoms with Gasteiger partial charge in [-0.15, -0.1) is 5.10 Å². The molecule has 0 radical (unpaired) electrons. The number of nitro groups is 1. The fourth-order valence-corrected chi connectivity index (χ4v) is 3.83. The molecule has 0 saturated heterocycles. The van der Waals surface area contributed by atoms with Crippen LogP contribution in [0.3, 0.4) is 0 Å². The molecule has 2 aromatic heterocycles. The van der Waals surface area contributed by atoms with Crippen LogP contribution in [-0.2, 0) is 4.43 Å². The van der Waals surface area contributed by atoms with Gasteiger partial charge in [-0.05, 0) is 46.2 Å². The van der Waals surface area contributed by atoms with Gasteiger partial charge in [0.1, 0.15) is 12.3 Å². The number of pyridine rings is 1. The van der Waals surface area contributed by atoms with Crippen LogP contribution in [0, 0.1) is 10.1 Å². The van der Waals surface area contributed by atoms with Crippen LogP contribution in [0.15, 0.2) is 22.9 Å². The van der Waals surface area contributed by atoms with Crippen molar-refractivity contribution in [2.75, 3.05) is 20.3 Å². The average Bonchev–Trinajstić information content (AvgIpc) is 3.00. The van der Waals surface area contributed by atoms with Gasteiger partial charge < -0.3 is 13.9 Å². The van der Waals surface area contributed by atoms with Crippen molar-refractivity contribution < 1.29 is 23.2 Å². The first-order valence-electron chi connectivity index (χ1n) is 9.22. The summed E-state index contributed by atoms with van der Waals surface area (Å²) in [4.78, 5) is 14.9. The summed E-state index contributed by atoms with van der Waals surface area (Å²) in [5.41, 5.74) is -0.0543. The Morgan fingerprint density at radius 3 is 2.57 bits per heavy atom. The van der Waals surface area contributed by atoms with Gasteiger partial charge in [0.2, 0.25) is 5.88 Å². The van der Waals surface area contributed by atoms with Crippen LogP contribution in [0.2, 0.25) is 18.1 Å². The quantitative estimate of drug-likeness (QED) is 0.277. The van der Waals surface area contributed by atoms with Crippen LogP contribution in [0.5, 0.6) is 11.8 Å². The highest BCUT2D eigenvalue weighted by atomic mass is 79.9. The van der Waals surface area contributed by atoms with Gasteiger partial charge >= 0.3 is 11.6 Å². The number of methoxy groups -OCH3 is 1. The minimum absolute atomic E-state index is 0.0294. The smallest absolute Gasteiger partial charge is 0.364 e. The highest BCUT2D eigenvalue weighted by Gasteiger charge is 2.38. The zero-order chi connectivity index (χ0) is 22.7. The van der Waals surface area contributed by atoms with E-state index in [-0.39, 0.29) is 28.0 Å². The molecule has 0 saturated carbocycles. The molecule has 0 N–H and O–H groups in total. The summed E-state index contributed by atoms with van der Waals surface area (Å²) in [6.45, 7) is 9.64. The lowest BCUT2D eigenvalue weighted by atomic mass is 10.2. The number of nitrogens with zero attached hydrogens (tertiary/aromatic N) is 4. The van der Waals surface area contributed by atoms with E-state index in [1.807, 2.05) is 13.1 Å². The number of hydrogen-bond donors (Lipinski definition) is 0. The maximum Gasteiger partial charge on any atom is 0.364 e. The molecule has 0 aromatic carbocycles. The van der Waals surface area contributed by atoms with Gasteiger partial charge in [0.15, 0.2) is 19.1 Å². The van der Waals surface area contributed by atoms with Crippen molar-refractivity contribution in [1.82, 2.24) is 14.8 Å². The van der Waals surface area contributed by atoms with Crippen LogP contribution >= 0.6 is 15.9 Å². The topological polar surface area (TPSA) is 102 Å². The van der Waals surface area contributed by atoms with Gasteiger partial charge in [-0.25, -0.2) is 14.1 Å². The van der Waals surface area contributed by atoms with Crippen molar-refractivity contribution in [3.63, 3.8) is 0 Å². The first kappa shape index (κ1) is 24.2. The zero-order valence-electron chi connectivity index (χ0n) is 17.8. The van der Waals surface area contributed by atoms with Gasteiger partial charge in [-0.3, -0.25) is 10.1 Å². The molecule has 2 heterocycles. The van der Waals surface area contributed by atoms with E-state index in [1.165, 1.54) is 18.0 Å². The molecule has 166 valence electrons. The van der Waals surface area contributed by atoms with E-state index in [4.69, 9.17) is 13.9 Å². The molecule has 2 aromatic rings. The molecular weight excluding hydrogens is 479 g/mol. The Morgan fingerprint density at radius 2 is 2.00 bits per heavy atom. The predicted molar refractivity (Wildman–Crippen MR) is 116 cm³/mol. The first-order chi connectivity index (χ1) is 13.9. The molecule has 0 amide bonds. The average molecular weight is 505 g/mol. The minimum atomic E-state index is -2.12. The van der Waals surface area contributed by atoms with Crippen molar-refractivity contribution in [3.05, 3.63) is 33.0 Å². The zero-order valence-corrected chi connectivity index (χ0v) is 20.4. The van der Waals surface area contributed by atoms with Crippen LogP contribution in [0.4, 0.5) is 10.1 Å². The molecule has 30 heavy (non-hydrogen) atoms. The van der Waals surface area contributed by atoms with E-state index in [9.17, 15) is 14.5 Å². The molecule has 0 fully saturated rings. The molecule has 0 spiro atoms. The van der Waals surface area contributed by atoms with Crippen LogP contribution in [0.1, 0.15) is 20.8 Å². The molecule has 2 rings (SSSR count). The fourth-order valence-electron chi connectivity index (χ4n) is 2.21. The number of rotatable bonds is 9. The lowest BCUT2D eigenvalue weighted by Crippen LogP contribution is -2.42. The molecule has 0 aliphatic rings. The van der Waals surface area contributed by atoms with E-state index in [0.717, 1.165) is 0 Å². The highest BCUT2D eigenvalue weighted by molar-refractivity contribution is 9.10. The third-order valence-electron chi connectivity index (χ3n) is 4.96. The number of ether oxygens (including phenoxy) is 2. The molecule has 12 heteroatoms. The van der Waals surface area contributed by atoms with E-state index in [1.54, 1.807) is 12.1 Å². The van der Waals surface area contributed by atoms with E-state index in [0.29, 0.717) is 5.69 Å². The second-order valence-electron chi connectivity index (χ2n) is 8.12. The van der Waals surface area contributed by atoms with Crippen molar-refractivity contribution >= 4 is 29.9 Å². The second kappa shape index (κ2) is 9.39. The van der Waals surface area contributed by atoms with Gasteiger partial charge in [-0.2, -0.15) is 0 Å². The number of hydrogen-bond acceptors (Lipinski definition) is 7. The lowest BCUT2D eigenvalue weighted by Gasteiger charge is -2.36. The molecule has 0 aliphatic heterocycles. The Morgan fingerprint density at radius 1 is 1.33 bits per heavy atom. The van der Waals surface area contributed by atoms with Crippen molar-refractivity contribution in [3.8, 4) is 17.4 Å². The molecular formula is C18H26BrFN4O5Si. The standard InChI is InChI=1S/C18H26BrFN4O5Si/c1-18(2,3)30(5,6)29-11-12(20)10-28-17-14(24(25)26)15(19)23(22-17)13-8-7-9-21-16(13)27-4/h7-9,12H,10-11H2,1-6H3. The monoisotopic (exact) mass is 504 g/mol. The summed E-state index contributed by atoms with van der Waals surface area (Å²) in [6.07, 6.45) is 0.0531. The number of alkyl halides is 1. The first-order valence-corrected chi connectivity index (χ1v) is 12.9. The summed E-state index contributed by atoms with van der Waals surface area (Å²) >= 11 is 3.17. The summed E-state index contributed by atoms with van der Waals surface area (Å²) in [7, 11) is -0.694. The Hall–Kier alpha value is -2.05. The van der Waals surface area contributed by atoms with E-state index >= 15 is 0 Å². The molecule has 0 bridgehead atoms. The van der Waals surface area contributed by atoms with Gasteiger partial charge in [0.05, 0.1) is 18.6 Å². The second-order valence-corrected chi connectivity index (χ2v) is 13.7. The maximum absolute atomic E-state index is 14.4. The highest BCUT2D eigenvalue weighted by Crippen LogP contribution is 2.38. The Balaban J connectivity index is 2.19. The van der Waals surface area contributed by atoms with Gasteiger partial charge in [-0.1, -0.05) is 20.8 Å². The number of aromatic nitrogens is 3. The van der Waals surface area contributed by atoms with Gasteiger partial charge in [0.25, 0.3) is 0 Å². The molecule has 0 aliphatic carbocycles. The van der Waals surface area contributed by atoms with Crippen molar-refractivity contribution in [1.29, 1.82) is 0 Å². The summed E-state index contributed by atoms with van der Waals surface area (Å²) in [6, 6.07) is 3.26. The Labute approximate surface area is 183 Å².